The molecule has 1 aliphatic rings. The van der Waals surface area contributed by atoms with E-state index in [4.69, 9.17) is 0 Å². The molecule has 0 amide bonds. The molecule has 0 N–H and O–H groups in total. The maximum absolute atomic E-state index is 10.8. The van der Waals surface area contributed by atoms with Gasteiger partial charge in [0.15, 0.2) is 0 Å². The molecule has 0 unspecified atom stereocenters. The van der Waals surface area contributed by atoms with Crippen molar-refractivity contribution < 1.29 is 19.2 Å². The van der Waals surface area contributed by atoms with Crippen molar-refractivity contribution in [1.82, 2.24) is 0 Å². The van der Waals surface area contributed by atoms with E-state index in [2.05, 4.69) is 0 Å². The number of hydrogen-bond acceptors (Lipinski definition) is 4. The summed E-state index contributed by atoms with van der Waals surface area (Å²) in [5.74, 6) is -4.03. The van der Waals surface area contributed by atoms with E-state index >= 15 is 0 Å². The van der Waals surface area contributed by atoms with E-state index in [0.29, 0.717) is 0 Å². The van der Waals surface area contributed by atoms with Gasteiger partial charge in [-0.2, -0.15) is 0 Å². The molecule has 58 valence electrons. The molecule has 4 heteroatoms. The standard InChI is InChI=1S/C7H6O4/c1-3-6(10)4(8)2-5(9)7(3)11/h3H,2H2,1H3. The lowest BCUT2D eigenvalue weighted by atomic mass is 9.86. The zero-order chi connectivity index (χ0) is 8.59. The molecule has 0 spiro atoms. The van der Waals surface area contributed by atoms with Gasteiger partial charge in [0.2, 0.25) is 23.1 Å². The topological polar surface area (TPSA) is 68.3 Å². The fourth-order valence-electron chi connectivity index (χ4n) is 0.922. The van der Waals surface area contributed by atoms with Gasteiger partial charge in [-0.15, -0.1) is 0 Å². The molecule has 11 heavy (non-hydrogen) atoms. The second-order valence-electron chi connectivity index (χ2n) is 2.47. The molecule has 0 bridgehead atoms. The normalized spacial score (nSPS) is 21.2. The van der Waals surface area contributed by atoms with Crippen LogP contribution in [0, 0.1) is 5.92 Å². The minimum absolute atomic E-state index is 0.540. The van der Waals surface area contributed by atoms with E-state index in [1.807, 2.05) is 0 Å². The molecule has 0 aromatic heterocycles. The summed E-state index contributed by atoms with van der Waals surface area (Å²) < 4.78 is 0. The Balaban J connectivity index is 2.96. The number of ketones is 4. The quantitative estimate of drug-likeness (QED) is 0.342. The first kappa shape index (κ1) is 7.78. The van der Waals surface area contributed by atoms with Crippen LogP contribution < -0.4 is 0 Å². The first-order valence-electron chi connectivity index (χ1n) is 3.18. The van der Waals surface area contributed by atoms with Gasteiger partial charge < -0.3 is 0 Å². The zero-order valence-corrected chi connectivity index (χ0v) is 5.92. The maximum Gasteiger partial charge on any atom is 0.209 e. The van der Waals surface area contributed by atoms with Gasteiger partial charge in [-0.1, -0.05) is 0 Å². The summed E-state index contributed by atoms with van der Waals surface area (Å²) in [4.78, 5) is 42.8. The van der Waals surface area contributed by atoms with Gasteiger partial charge in [0, 0.05) is 0 Å². The Hall–Kier alpha value is -1.32. The van der Waals surface area contributed by atoms with E-state index in [9.17, 15) is 19.2 Å². The van der Waals surface area contributed by atoms with Gasteiger partial charge in [-0.3, -0.25) is 19.2 Å². The molecule has 4 nitrogen and oxygen atoms in total. The summed E-state index contributed by atoms with van der Waals surface area (Å²) in [6.07, 6.45) is -0.540. The Labute approximate surface area is 62.6 Å². The highest BCUT2D eigenvalue weighted by Crippen LogP contribution is 2.10. The second-order valence-corrected chi connectivity index (χ2v) is 2.47. The van der Waals surface area contributed by atoms with Crippen molar-refractivity contribution in [2.45, 2.75) is 13.3 Å². The summed E-state index contributed by atoms with van der Waals surface area (Å²) in [6.45, 7) is 1.28. The third-order valence-corrected chi connectivity index (χ3v) is 1.66. The number of carbonyl (C=O) groups is 4. The van der Waals surface area contributed by atoms with Crippen molar-refractivity contribution in [1.29, 1.82) is 0 Å². The van der Waals surface area contributed by atoms with Crippen LogP contribution >= 0.6 is 0 Å². The summed E-state index contributed by atoms with van der Waals surface area (Å²) in [7, 11) is 0. The third kappa shape index (κ3) is 1.11. The number of rotatable bonds is 0. The fourth-order valence-corrected chi connectivity index (χ4v) is 0.922. The maximum atomic E-state index is 10.8. The van der Waals surface area contributed by atoms with Gasteiger partial charge in [0.1, 0.15) is 0 Å². The lowest BCUT2D eigenvalue weighted by molar-refractivity contribution is -0.151. The van der Waals surface area contributed by atoms with Gasteiger partial charge in [0.25, 0.3) is 0 Å². The first-order chi connectivity index (χ1) is 5.04. The Kier molecular flexibility index (Phi) is 1.68. The molecule has 1 saturated carbocycles. The van der Waals surface area contributed by atoms with Gasteiger partial charge in [-0.25, -0.2) is 0 Å². The van der Waals surface area contributed by atoms with E-state index in [-0.39, 0.29) is 0 Å². The molecule has 0 radical (unpaired) electrons. The summed E-state index contributed by atoms with van der Waals surface area (Å²) in [5.41, 5.74) is 0. The Morgan fingerprint density at radius 2 is 1.36 bits per heavy atom. The smallest absolute Gasteiger partial charge is 0.209 e. The summed E-state index contributed by atoms with van der Waals surface area (Å²) in [5, 5.41) is 0. The first-order valence-corrected chi connectivity index (χ1v) is 3.18. The molecule has 1 fully saturated rings. The molecule has 0 aromatic rings. The molecule has 1 rings (SSSR count). The van der Waals surface area contributed by atoms with Crippen LogP contribution in [0.5, 0.6) is 0 Å². The largest absolute Gasteiger partial charge is 0.290 e. The van der Waals surface area contributed by atoms with Gasteiger partial charge in [-0.05, 0) is 6.92 Å². The molecule has 0 aromatic carbocycles. The van der Waals surface area contributed by atoms with Crippen LogP contribution in [0.4, 0.5) is 0 Å². The minimum Gasteiger partial charge on any atom is -0.290 e. The molecular formula is C7H6O4. The van der Waals surface area contributed by atoms with E-state index in [1.165, 1.54) is 6.92 Å². The van der Waals surface area contributed by atoms with Crippen molar-refractivity contribution >= 4 is 23.1 Å². The van der Waals surface area contributed by atoms with Crippen LogP contribution in [-0.2, 0) is 19.2 Å². The predicted molar refractivity (Wildman–Crippen MR) is 33.8 cm³/mol. The highest BCUT2D eigenvalue weighted by atomic mass is 16.2. The zero-order valence-electron chi connectivity index (χ0n) is 5.92. The second kappa shape index (κ2) is 2.38. The summed E-state index contributed by atoms with van der Waals surface area (Å²) >= 11 is 0. The van der Waals surface area contributed by atoms with Gasteiger partial charge in [0.05, 0.1) is 12.3 Å². The highest BCUT2D eigenvalue weighted by Gasteiger charge is 2.38. The fraction of sp³-hybridized carbons (Fsp3) is 0.429. The van der Waals surface area contributed by atoms with Gasteiger partial charge >= 0.3 is 0 Å². The number of carbonyl (C=O) groups excluding carboxylic acids is 4. The molecule has 1 aliphatic carbocycles. The van der Waals surface area contributed by atoms with Crippen LogP contribution in [0.25, 0.3) is 0 Å². The highest BCUT2D eigenvalue weighted by molar-refractivity contribution is 6.59. The lowest BCUT2D eigenvalue weighted by Crippen LogP contribution is -2.40. The molecule has 0 heterocycles. The van der Waals surface area contributed by atoms with E-state index < -0.39 is 35.5 Å². The minimum atomic E-state index is -1.05. The van der Waals surface area contributed by atoms with Crippen molar-refractivity contribution in [3.63, 3.8) is 0 Å². The third-order valence-electron chi connectivity index (χ3n) is 1.66. The van der Waals surface area contributed by atoms with Crippen molar-refractivity contribution in [2.75, 3.05) is 0 Å². The average Bonchev–Trinajstić information content (AvgIpc) is 1.97. The van der Waals surface area contributed by atoms with Crippen LogP contribution in [0.1, 0.15) is 13.3 Å². The molecule has 0 saturated heterocycles. The number of hydrogen-bond donors (Lipinski definition) is 0. The lowest BCUT2D eigenvalue weighted by Gasteiger charge is -2.11. The van der Waals surface area contributed by atoms with Crippen molar-refractivity contribution in [3.8, 4) is 0 Å². The van der Waals surface area contributed by atoms with E-state index in [0.717, 1.165) is 0 Å². The molecule has 0 atom stereocenters. The van der Waals surface area contributed by atoms with Crippen LogP contribution in [0.2, 0.25) is 0 Å². The van der Waals surface area contributed by atoms with Crippen LogP contribution in [0.15, 0.2) is 0 Å². The van der Waals surface area contributed by atoms with Crippen LogP contribution in [-0.4, -0.2) is 23.1 Å². The van der Waals surface area contributed by atoms with Crippen LogP contribution in [0.3, 0.4) is 0 Å². The van der Waals surface area contributed by atoms with E-state index in [1.54, 1.807) is 0 Å². The Bertz CT molecular complexity index is 238. The Morgan fingerprint density at radius 1 is 1.00 bits per heavy atom. The monoisotopic (exact) mass is 154 g/mol. The molecular weight excluding hydrogens is 148 g/mol. The average molecular weight is 154 g/mol. The SMILES string of the molecule is CC1C(=O)C(=O)CC(=O)C1=O. The van der Waals surface area contributed by atoms with Crippen molar-refractivity contribution in [3.05, 3.63) is 0 Å². The Morgan fingerprint density at radius 3 is 1.73 bits per heavy atom. The van der Waals surface area contributed by atoms with Crippen molar-refractivity contribution in [2.24, 2.45) is 5.92 Å². The summed E-state index contributed by atoms with van der Waals surface area (Å²) in [6, 6.07) is 0. The predicted octanol–water partition coefficient (Wildman–Crippen LogP) is -0.697. The molecule has 0 aliphatic heterocycles. The number of Topliss-reactive ketones (excluding diaryl/α,β-unsaturated/α-hetero) is 4.